The summed E-state index contributed by atoms with van der Waals surface area (Å²) < 4.78 is 7.39. The zero-order chi connectivity index (χ0) is 15.7. The smallest absolute Gasteiger partial charge is 0.237 e. The molecule has 1 aliphatic rings. The first kappa shape index (κ1) is 15.0. The van der Waals surface area contributed by atoms with Gasteiger partial charge in [-0.25, -0.2) is 4.98 Å². The average molecular weight is 301 g/mol. The molecule has 0 spiro atoms. The molecule has 0 atom stereocenters. The summed E-state index contributed by atoms with van der Waals surface area (Å²) in [7, 11) is 1.63. The second-order valence-electron chi connectivity index (χ2n) is 6.17. The monoisotopic (exact) mass is 301 g/mol. The highest BCUT2D eigenvalue weighted by molar-refractivity contribution is 5.68. The summed E-state index contributed by atoms with van der Waals surface area (Å²) in [6.45, 7) is 4.14. The molecule has 118 valence electrons. The summed E-state index contributed by atoms with van der Waals surface area (Å²) in [5.74, 6) is 1.25. The molecule has 2 heterocycles. The minimum atomic E-state index is -0.433. The molecule has 1 fully saturated rings. The Balaban J connectivity index is 2.17. The van der Waals surface area contributed by atoms with Crippen molar-refractivity contribution >= 4 is 12.1 Å². The molecule has 0 aromatic carbocycles. The van der Waals surface area contributed by atoms with Crippen LogP contribution >= 0.6 is 0 Å². The lowest BCUT2D eigenvalue weighted by atomic mass is 9.73. The predicted octanol–water partition coefficient (Wildman–Crippen LogP) is 3.01. The van der Waals surface area contributed by atoms with Crippen LogP contribution in [0.15, 0.2) is 6.20 Å². The van der Waals surface area contributed by atoms with Gasteiger partial charge in [-0.15, -0.1) is 0 Å². The fourth-order valence-corrected chi connectivity index (χ4v) is 3.59. The van der Waals surface area contributed by atoms with Gasteiger partial charge in [0.05, 0.1) is 18.2 Å². The maximum Gasteiger partial charge on any atom is 0.237 e. The molecule has 0 bridgehead atoms. The number of carbonyl (C=O) groups is 1. The molecule has 3 rings (SSSR count). The molecule has 1 aliphatic carbocycles. The Bertz CT molecular complexity index is 699. The molecule has 2 aromatic heterocycles. The largest absolute Gasteiger partial charge is 0.481 e. The Labute approximate surface area is 130 Å². The normalized spacial score (nSPS) is 17.6. The topological polar surface area (TPSA) is 56.5 Å². The van der Waals surface area contributed by atoms with E-state index < -0.39 is 5.41 Å². The van der Waals surface area contributed by atoms with Crippen molar-refractivity contribution in [2.24, 2.45) is 0 Å². The number of imidazole rings is 1. The number of aldehydes is 1. The van der Waals surface area contributed by atoms with E-state index in [-0.39, 0.29) is 0 Å². The maximum absolute atomic E-state index is 11.8. The van der Waals surface area contributed by atoms with Crippen molar-refractivity contribution in [1.29, 1.82) is 0 Å². The third-order valence-electron chi connectivity index (χ3n) is 4.97. The van der Waals surface area contributed by atoms with Gasteiger partial charge >= 0.3 is 0 Å². The summed E-state index contributed by atoms with van der Waals surface area (Å²) in [6.07, 6.45) is 9.09. The molecule has 5 nitrogen and oxygen atoms in total. The Morgan fingerprint density at radius 3 is 2.64 bits per heavy atom. The molecular formula is C17H23N3O2. The second kappa shape index (κ2) is 5.71. The number of ether oxygens (including phenoxy) is 1. The van der Waals surface area contributed by atoms with Gasteiger partial charge in [0.1, 0.15) is 6.29 Å². The van der Waals surface area contributed by atoms with Crippen molar-refractivity contribution in [3.8, 4) is 5.88 Å². The van der Waals surface area contributed by atoms with Crippen LogP contribution in [0.2, 0.25) is 0 Å². The molecule has 0 saturated heterocycles. The van der Waals surface area contributed by atoms with Crippen molar-refractivity contribution in [1.82, 2.24) is 14.4 Å². The van der Waals surface area contributed by atoms with Crippen molar-refractivity contribution in [3.63, 3.8) is 0 Å². The van der Waals surface area contributed by atoms with Crippen LogP contribution in [0.1, 0.15) is 56.0 Å². The first-order valence-corrected chi connectivity index (χ1v) is 8.04. The summed E-state index contributed by atoms with van der Waals surface area (Å²) in [5, 5.41) is 0. The van der Waals surface area contributed by atoms with Crippen LogP contribution in [-0.4, -0.2) is 27.8 Å². The number of hydrogen-bond acceptors (Lipinski definition) is 4. The molecule has 0 unspecified atom stereocenters. The summed E-state index contributed by atoms with van der Waals surface area (Å²) in [5.41, 5.74) is 2.59. The van der Waals surface area contributed by atoms with E-state index in [4.69, 9.17) is 4.74 Å². The van der Waals surface area contributed by atoms with Gasteiger partial charge in [0.25, 0.3) is 0 Å². The van der Waals surface area contributed by atoms with Gasteiger partial charge < -0.3 is 9.53 Å². The fraction of sp³-hybridized carbons (Fsp3) is 0.588. The summed E-state index contributed by atoms with van der Waals surface area (Å²) in [4.78, 5) is 21.0. The number of carbonyl (C=O) groups excluding carboxylic acids is 1. The number of nitrogens with zero attached hydrogens (tertiary/aromatic N) is 3. The van der Waals surface area contributed by atoms with E-state index in [0.717, 1.165) is 55.3 Å². The Morgan fingerprint density at radius 2 is 2.05 bits per heavy atom. The van der Waals surface area contributed by atoms with Crippen LogP contribution in [0.3, 0.4) is 0 Å². The lowest BCUT2D eigenvalue weighted by molar-refractivity contribution is -0.113. The molecule has 22 heavy (non-hydrogen) atoms. The number of aromatic nitrogens is 3. The number of fused-ring (bicyclic) bond motifs is 1. The zero-order valence-electron chi connectivity index (χ0n) is 13.6. The Morgan fingerprint density at radius 1 is 1.32 bits per heavy atom. The quantitative estimate of drug-likeness (QED) is 0.815. The molecule has 0 N–H and O–H groups in total. The van der Waals surface area contributed by atoms with Crippen molar-refractivity contribution in [2.45, 2.75) is 57.8 Å². The molecular weight excluding hydrogens is 278 g/mol. The van der Waals surface area contributed by atoms with Gasteiger partial charge in [-0.1, -0.05) is 26.2 Å². The number of aryl methyl sites for hydroxylation is 1. The highest BCUT2D eigenvalue weighted by Crippen LogP contribution is 2.37. The molecule has 1 saturated carbocycles. The third-order valence-corrected chi connectivity index (χ3v) is 4.97. The first-order chi connectivity index (χ1) is 10.6. The number of rotatable bonds is 4. The Kier molecular flexibility index (Phi) is 3.89. The van der Waals surface area contributed by atoms with E-state index in [1.54, 1.807) is 7.11 Å². The van der Waals surface area contributed by atoms with Crippen molar-refractivity contribution in [2.75, 3.05) is 7.11 Å². The van der Waals surface area contributed by atoms with E-state index >= 15 is 0 Å². The van der Waals surface area contributed by atoms with Gasteiger partial charge in [-0.05, 0) is 26.2 Å². The van der Waals surface area contributed by atoms with Gasteiger partial charge in [0, 0.05) is 17.5 Å². The van der Waals surface area contributed by atoms with Crippen LogP contribution < -0.4 is 4.74 Å². The van der Waals surface area contributed by atoms with Gasteiger partial charge in [-0.3, -0.25) is 4.40 Å². The van der Waals surface area contributed by atoms with E-state index in [9.17, 15) is 4.79 Å². The van der Waals surface area contributed by atoms with Crippen LogP contribution in [0.4, 0.5) is 0 Å². The minimum absolute atomic E-state index is 0.433. The number of hydrogen-bond donors (Lipinski definition) is 0. The predicted molar refractivity (Wildman–Crippen MR) is 84.5 cm³/mol. The van der Waals surface area contributed by atoms with Crippen LogP contribution in [-0.2, 0) is 16.6 Å². The van der Waals surface area contributed by atoms with Gasteiger partial charge in [0.15, 0.2) is 0 Å². The minimum Gasteiger partial charge on any atom is -0.481 e. The van der Waals surface area contributed by atoms with Crippen LogP contribution in [0.25, 0.3) is 5.78 Å². The molecule has 0 radical (unpaired) electrons. The highest BCUT2D eigenvalue weighted by Gasteiger charge is 2.36. The maximum atomic E-state index is 11.8. The standard InChI is InChI=1S/C17H23N3O2/c1-4-13-12(2)20-10-14(18-16(20)19-15(13)22-3)17(11-21)8-6-5-7-9-17/h10-11H,4-9H2,1-3H3. The lowest BCUT2D eigenvalue weighted by Crippen LogP contribution is -2.31. The van der Waals surface area contributed by atoms with E-state index in [0.29, 0.717) is 11.7 Å². The van der Waals surface area contributed by atoms with Crippen LogP contribution in [0.5, 0.6) is 5.88 Å². The van der Waals surface area contributed by atoms with E-state index in [1.807, 2.05) is 10.6 Å². The lowest BCUT2D eigenvalue weighted by Gasteiger charge is -2.30. The second-order valence-corrected chi connectivity index (χ2v) is 6.17. The summed E-state index contributed by atoms with van der Waals surface area (Å²) in [6, 6.07) is 0. The van der Waals surface area contributed by atoms with E-state index in [2.05, 4.69) is 23.8 Å². The fourth-order valence-electron chi connectivity index (χ4n) is 3.59. The molecule has 2 aromatic rings. The molecule has 0 amide bonds. The van der Waals surface area contributed by atoms with Crippen LogP contribution in [0, 0.1) is 6.92 Å². The summed E-state index contributed by atoms with van der Waals surface area (Å²) >= 11 is 0. The van der Waals surface area contributed by atoms with E-state index in [1.165, 1.54) is 6.42 Å². The average Bonchev–Trinajstić information content (AvgIpc) is 3.00. The molecule has 0 aliphatic heterocycles. The highest BCUT2D eigenvalue weighted by atomic mass is 16.5. The van der Waals surface area contributed by atoms with Crippen molar-refractivity contribution in [3.05, 3.63) is 23.1 Å². The van der Waals surface area contributed by atoms with Gasteiger partial charge in [-0.2, -0.15) is 4.98 Å². The zero-order valence-corrected chi connectivity index (χ0v) is 13.6. The third kappa shape index (κ3) is 2.19. The Hall–Kier alpha value is -1.91. The number of methoxy groups -OCH3 is 1. The van der Waals surface area contributed by atoms with Gasteiger partial charge in [0.2, 0.25) is 11.7 Å². The van der Waals surface area contributed by atoms with Crippen molar-refractivity contribution < 1.29 is 9.53 Å². The molecule has 5 heteroatoms. The SMILES string of the molecule is CCc1c(OC)nc2nc(C3(C=O)CCCCC3)cn2c1C. The first-order valence-electron chi connectivity index (χ1n) is 8.04.